The fourth-order valence-corrected chi connectivity index (χ4v) is 3.42. The molecule has 4 rings (SSSR count). The summed E-state index contributed by atoms with van der Waals surface area (Å²) in [6, 6.07) is 6.81. The van der Waals surface area contributed by atoms with Crippen LogP contribution in [0.3, 0.4) is 0 Å². The molecule has 1 N–H and O–H groups in total. The number of likely N-dealkylation sites (tertiary alicyclic amines) is 1. The van der Waals surface area contributed by atoms with Gasteiger partial charge in [-0.15, -0.1) is 0 Å². The van der Waals surface area contributed by atoms with E-state index in [1.807, 2.05) is 0 Å². The van der Waals surface area contributed by atoms with Gasteiger partial charge in [0.2, 0.25) is 23.5 Å². The van der Waals surface area contributed by atoms with Gasteiger partial charge in [0.15, 0.2) is 5.76 Å². The van der Waals surface area contributed by atoms with Crippen LogP contribution in [0.25, 0.3) is 11.6 Å². The van der Waals surface area contributed by atoms with E-state index in [4.69, 9.17) is 20.5 Å². The second kappa shape index (κ2) is 9.08. The number of hydrogen-bond acceptors (Lipinski definition) is 7. The van der Waals surface area contributed by atoms with Gasteiger partial charge in [0.25, 0.3) is 0 Å². The fraction of sp³-hybridized carbons (Fsp3) is 0.350. The summed E-state index contributed by atoms with van der Waals surface area (Å²) in [5.41, 5.74) is 0. The van der Waals surface area contributed by atoms with E-state index in [-0.39, 0.29) is 24.2 Å². The predicted octanol–water partition coefficient (Wildman–Crippen LogP) is 3.19. The normalized spacial score (nSPS) is 14.6. The van der Waals surface area contributed by atoms with Crippen LogP contribution < -0.4 is 5.32 Å². The molecule has 0 aliphatic carbocycles. The molecule has 1 aliphatic heterocycles. The Morgan fingerprint density at radius 2 is 2.07 bits per heavy atom. The van der Waals surface area contributed by atoms with E-state index in [0.29, 0.717) is 60.7 Å². The highest BCUT2D eigenvalue weighted by atomic mass is 35.5. The van der Waals surface area contributed by atoms with Crippen LogP contribution in [0.4, 0.5) is 5.82 Å². The Labute approximate surface area is 177 Å². The first-order valence-electron chi connectivity index (χ1n) is 9.65. The van der Waals surface area contributed by atoms with Gasteiger partial charge >= 0.3 is 0 Å². The second-order valence-corrected chi connectivity index (χ2v) is 7.43. The number of hydrogen-bond donors (Lipinski definition) is 1. The van der Waals surface area contributed by atoms with Gasteiger partial charge in [-0.05, 0) is 37.1 Å². The fourth-order valence-electron chi connectivity index (χ4n) is 3.30. The van der Waals surface area contributed by atoms with Gasteiger partial charge in [0.1, 0.15) is 5.82 Å². The van der Waals surface area contributed by atoms with Gasteiger partial charge in [-0.2, -0.15) is 4.98 Å². The number of aromatic nitrogens is 3. The lowest BCUT2D eigenvalue weighted by atomic mass is 9.95. The van der Waals surface area contributed by atoms with E-state index in [1.165, 1.54) is 12.5 Å². The smallest absolute Gasteiger partial charge is 0.238 e. The van der Waals surface area contributed by atoms with Gasteiger partial charge < -0.3 is 19.2 Å². The molecule has 156 valence electrons. The van der Waals surface area contributed by atoms with E-state index < -0.39 is 0 Å². The number of anilines is 1. The van der Waals surface area contributed by atoms with Crippen LogP contribution in [0.1, 0.15) is 25.2 Å². The Balaban J connectivity index is 1.22. The number of carbonyl (C=O) groups excluding carboxylic acids is 2. The molecule has 0 atom stereocenters. The number of piperidine rings is 1. The van der Waals surface area contributed by atoms with Gasteiger partial charge in [0, 0.05) is 38.0 Å². The third kappa shape index (κ3) is 4.85. The van der Waals surface area contributed by atoms with Gasteiger partial charge in [0.05, 0.1) is 11.3 Å². The maximum atomic E-state index is 12.5. The van der Waals surface area contributed by atoms with E-state index in [1.54, 1.807) is 29.2 Å². The van der Waals surface area contributed by atoms with E-state index in [0.717, 1.165) is 0 Å². The molecule has 9 nitrogen and oxygen atoms in total. The standard InChI is InChI=1S/C20H20ClN5O4/c21-14-3-4-16(22-12-14)23-20(28)13-7-9-26(10-8-13)18(27)6-5-17-24-19(25-30-17)15-2-1-11-29-15/h1-4,11-13H,5-10H2,(H,22,23,28). The molecule has 30 heavy (non-hydrogen) atoms. The molecule has 0 aromatic carbocycles. The van der Waals surface area contributed by atoms with Crippen molar-refractivity contribution < 1.29 is 18.5 Å². The number of rotatable bonds is 6. The molecule has 3 aromatic heterocycles. The maximum absolute atomic E-state index is 12.5. The summed E-state index contributed by atoms with van der Waals surface area (Å²) >= 11 is 5.80. The zero-order valence-electron chi connectivity index (χ0n) is 16.1. The monoisotopic (exact) mass is 429 g/mol. The minimum Gasteiger partial charge on any atom is -0.461 e. The topological polar surface area (TPSA) is 114 Å². The summed E-state index contributed by atoms with van der Waals surface area (Å²) in [7, 11) is 0. The summed E-state index contributed by atoms with van der Waals surface area (Å²) in [5, 5.41) is 7.16. The third-order valence-corrected chi connectivity index (χ3v) is 5.18. The molecule has 3 aromatic rings. The highest BCUT2D eigenvalue weighted by Gasteiger charge is 2.27. The van der Waals surface area contributed by atoms with Crippen LogP contribution >= 0.6 is 11.6 Å². The Hall–Kier alpha value is -3.20. The van der Waals surface area contributed by atoms with Crippen molar-refractivity contribution in [1.29, 1.82) is 0 Å². The first-order valence-corrected chi connectivity index (χ1v) is 10.0. The molecular weight excluding hydrogens is 410 g/mol. The van der Waals surface area contributed by atoms with Crippen molar-refractivity contribution in [3.05, 3.63) is 47.6 Å². The van der Waals surface area contributed by atoms with Crippen LogP contribution in [0.15, 0.2) is 45.7 Å². The SMILES string of the molecule is O=C(Nc1ccc(Cl)cn1)C1CCN(C(=O)CCc2nc(-c3ccco3)no2)CC1. The van der Waals surface area contributed by atoms with Crippen molar-refractivity contribution in [3.8, 4) is 11.6 Å². The molecule has 0 spiro atoms. The number of amides is 2. The lowest BCUT2D eigenvalue weighted by molar-refractivity contribution is -0.134. The maximum Gasteiger partial charge on any atom is 0.238 e. The minimum absolute atomic E-state index is 0.00553. The molecule has 0 bridgehead atoms. The van der Waals surface area contributed by atoms with E-state index in [9.17, 15) is 9.59 Å². The molecule has 0 radical (unpaired) electrons. The number of carbonyl (C=O) groups is 2. The van der Waals surface area contributed by atoms with E-state index >= 15 is 0 Å². The third-order valence-electron chi connectivity index (χ3n) is 4.96. The highest BCUT2D eigenvalue weighted by Crippen LogP contribution is 2.21. The Morgan fingerprint density at radius 3 is 2.77 bits per heavy atom. The molecule has 1 aliphatic rings. The lowest BCUT2D eigenvalue weighted by Crippen LogP contribution is -2.41. The zero-order valence-corrected chi connectivity index (χ0v) is 16.8. The second-order valence-electron chi connectivity index (χ2n) is 6.99. The Kier molecular flexibility index (Phi) is 6.08. The van der Waals surface area contributed by atoms with Gasteiger partial charge in [-0.25, -0.2) is 4.98 Å². The minimum atomic E-state index is -0.154. The number of aryl methyl sites for hydroxylation is 1. The molecule has 1 fully saturated rings. The molecular formula is C20H20ClN5O4. The zero-order chi connectivity index (χ0) is 20.9. The predicted molar refractivity (Wildman–Crippen MR) is 108 cm³/mol. The molecule has 1 saturated heterocycles. The van der Waals surface area contributed by atoms with Crippen LogP contribution in [0.5, 0.6) is 0 Å². The highest BCUT2D eigenvalue weighted by molar-refractivity contribution is 6.30. The average molecular weight is 430 g/mol. The molecule has 4 heterocycles. The Bertz CT molecular complexity index is 995. The van der Waals surface area contributed by atoms with Crippen LogP contribution in [0, 0.1) is 5.92 Å². The average Bonchev–Trinajstić information content (AvgIpc) is 3.45. The van der Waals surface area contributed by atoms with Crippen molar-refractivity contribution in [1.82, 2.24) is 20.0 Å². The molecule has 0 saturated carbocycles. The summed E-state index contributed by atoms with van der Waals surface area (Å²) in [5.74, 6) is 1.50. The van der Waals surface area contributed by atoms with Crippen molar-refractivity contribution in [2.45, 2.75) is 25.7 Å². The van der Waals surface area contributed by atoms with Crippen molar-refractivity contribution in [2.24, 2.45) is 5.92 Å². The lowest BCUT2D eigenvalue weighted by Gasteiger charge is -2.31. The van der Waals surface area contributed by atoms with Gasteiger partial charge in [-0.3, -0.25) is 9.59 Å². The largest absolute Gasteiger partial charge is 0.461 e. The number of nitrogens with zero attached hydrogens (tertiary/aromatic N) is 4. The van der Waals surface area contributed by atoms with Crippen LogP contribution in [-0.2, 0) is 16.0 Å². The summed E-state index contributed by atoms with van der Waals surface area (Å²) in [6.45, 7) is 1.07. The van der Waals surface area contributed by atoms with Crippen LogP contribution in [0.2, 0.25) is 5.02 Å². The van der Waals surface area contributed by atoms with E-state index in [2.05, 4.69) is 20.4 Å². The number of furan rings is 1. The Morgan fingerprint density at radius 1 is 1.23 bits per heavy atom. The molecule has 0 unspecified atom stereocenters. The number of nitrogens with one attached hydrogen (secondary N) is 1. The molecule has 10 heteroatoms. The summed E-state index contributed by atoms with van der Waals surface area (Å²) in [6.07, 6.45) is 4.85. The summed E-state index contributed by atoms with van der Waals surface area (Å²) < 4.78 is 10.4. The first-order chi connectivity index (χ1) is 14.6. The van der Waals surface area contributed by atoms with Crippen molar-refractivity contribution in [2.75, 3.05) is 18.4 Å². The van der Waals surface area contributed by atoms with Gasteiger partial charge in [-0.1, -0.05) is 16.8 Å². The molecule has 2 amide bonds. The number of pyridine rings is 1. The first kappa shape index (κ1) is 20.1. The quantitative estimate of drug-likeness (QED) is 0.639. The van der Waals surface area contributed by atoms with Crippen molar-refractivity contribution in [3.63, 3.8) is 0 Å². The van der Waals surface area contributed by atoms with Crippen molar-refractivity contribution >= 4 is 29.2 Å². The summed E-state index contributed by atoms with van der Waals surface area (Å²) in [4.78, 5) is 35.0. The number of halogens is 1. The van der Waals surface area contributed by atoms with Crippen LogP contribution in [-0.4, -0.2) is 44.9 Å².